The van der Waals surface area contributed by atoms with E-state index in [4.69, 9.17) is 9.47 Å². The first-order chi connectivity index (χ1) is 15.7. The molecule has 0 bridgehead atoms. The second kappa shape index (κ2) is 12.2. The van der Waals surface area contributed by atoms with Crippen molar-refractivity contribution in [3.8, 4) is 0 Å². The van der Waals surface area contributed by atoms with Crippen molar-refractivity contribution in [3.05, 3.63) is 54.1 Å². The zero-order chi connectivity index (χ0) is 25.6. The van der Waals surface area contributed by atoms with Crippen molar-refractivity contribution < 1.29 is 18.3 Å². The zero-order valence-corrected chi connectivity index (χ0v) is 25.7. The molecule has 2 nitrogen and oxygen atoms in total. The largest absolute Gasteiger partial charge is 0.379 e. The Morgan fingerprint density at radius 3 is 1.79 bits per heavy atom. The van der Waals surface area contributed by atoms with Gasteiger partial charge >= 0.3 is 6.11 Å². The first-order valence-corrected chi connectivity index (χ1v) is 21.5. The molecule has 0 fully saturated rings. The van der Waals surface area contributed by atoms with E-state index < -0.39 is 43.8 Å². The first-order valence-electron chi connectivity index (χ1n) is 12.5. The fraction of sp³-hybridized carbons (Fsp3) is 0.556. The molecular formula is C27H44F2O2Si3. The highest BCUT2D eigenvalue weighted by molar-refractivity contribution is 6.89. The Morgan fingerprint density at radius 1 is 0.794 bits per heavy atom. The average Bonchev–Trinajstić information content (AvgIpc) is 2.77. The standard InChI is InChI=1S/C27H44F2O2Si3/c1-26(2,22-10-12-23(13-11-22)32(3)4)20-31-27(28,29)21-30-18-9-19-34(7,8)25-16-14-24(15-17-25)33(5)6/h10-17,32-33H,9,18-21H2,1-8H3. The topological polar surface area (TPSA) is 18.5 Å². The van der Waals surface area contributed by atoms with E-state index in [0.29, 0.717) is 6.61 Å². The van der Waals surface area contributed by atoms with E-state index in [-0.39, 0.29) is 6.61 Å². The molecule has 0 spiro atoms. The maximum Gasteiger partial charge on any atom is 0.379 e. The number of rotatable bonds is 13. The van der Waals surface area contributed by atoms with E-state index in [1.807, 2.05) is 26.0 Å². The molecule has 0 heterocycles. The van der Waals surface area contributed by atoms with Crippen LogP contribution in [0.1, 0.15) is 25.8 Å². The molecule has 34 heavy (non-hydrogen) atoms. The molecule has 0 radical (unpaired) electrons. The van der Waals surface area contributed by atoms with Crippen LogP contribution in [0.3, 0.4) is 0 Å². The van der Waals surface area contributed by atoms with Crippen LogP contribution >= 0.6 is 0 Å². The molecule has 0 aliphatic carbocycles. The lowest BCUT2D eigenvalue weighted by Gasteiger charge is -2.28. The van der Waals surface area contributed by atoms with Gasteiger partial charge in [-0.15, -0.1) is 0 Å². The minimum absolute atomic E-state index is 0.0585. The summed E-state index contributed by atoms with van der Waals surface area (Å²) >= 11 is 0. The molecule has 190 valence electrons. The highest BCUT2D eigenvalue weighted by Gasteiger charge is 2.34. The Labute approximate surface area is 210 Å². The average molecular weight is 523 g/mol. The van der Waals surface area contributed by atoms with E-state index in [1.165, 1.54) is 15.6 Å². The van der Waals surface area contributed by atoms with Crippen LogP contribution in [0, 0.1) is 0 Å². The molecule has 0 atom stereocenters. The third kappa shape index (κ3) is 8.82. The highest BCUT2D eigenvalue weighted by Crippen LogP contribution is 2.27. The maximum absolute atomic E-state index is 14.3. The molecule has 0 N–H and O–H groups in total. The summed E-state index contributed by atoms with van der Waals surface area (Å²) in [5.41, 5.74) is 0.516. The van der Waals surface area contributed by atoms with Crippen molar-refractivity contribution in [2.75, 3.05) is 19.8 Å². The molecular weight excluding hydrogens is 479 g/mol. The molecule has 2 aromatic carbocycles. The van der Waals surface area contributed by atoms with Gasteiger partial charge in [-0.1, -0.05) is 123 Å². The summed E-state index contributed by atoms with van der Waals surface area (Å²) in [6.07, 6.45) is -2.50. The van der Waals surface area contributed by atoms with E-state index >= 15 is 0 Å². The van der Waals surface area contributed by atoms with Crippen molar-refractivity contribution in [2.24, 2.45) is 0 Å². The van der Waals surface area contributed by atoms with E-state index in [1.54, 1.807) is 0 Å². The van der Waals surface area contributed by atoms with Crippen LogP contribution in [-0.2, 0) is 14.9 Å². The summed E-state index contributed by atoms with van der Waals surface area (Å²) in [5.74, 6) is 0. The summed E-state index contributed by atoms with van der Waals surface area (Å²) in [4.78, 5) is 0. The Hall–Kier alpha value is -1.13. The lowest BCUT2D eigenvalue weighted by atomic mass is 9.86. The second-order valence-corrected chi connectivity index (χ2v) is 22.2. The Bertz CT molecular complexity index is 880. The van der Waals surface area contributed by atoms with E-state index in [9.17, 15) is 8.78 Å². The molecule has 2 rings (SSSR count). The van der Waals surface area contributed by atoms with Crippen LogP contribution in [0.25, 0.3) is 0 Å². The van der Waals surface area contributed by atoms with Gasteiger partial charge < -0.3 is 9.47 Å². The van der Waals surface area contributed by atoms with Crippen LogP contribution in [0.5, 0.6) is 0 Å². The lowest BCUT2D eigenvalue weighted by molar-refractivity contribution is -0.269. The number of hydrogen-bond acceptors (Lipinski definition) is 2. The van der Waals surface area contributed by atoms with Gasteiger partial charge in [0.05, 0.1) is 32.3 Å². The monoisotopic (exact) mass is 522 g/mol. The molecule has 0 aliphatic heterocycles. The van der Waals surface area contributed by atoms with Gasteiger partial charge in [-0.2, -0.15) is 8.78 Å². The summed E-state index contributed by atoms with van der Waals surface area (Å²) in [6.45, 7) is 17.3. The van der Waals surface area contributed by atoms with Gasteiger partial charge in [0.25, 0.3) is 0 Å². The van der Waals surface area contributed by atoms with Crippen LogP contribution < -0.4 is 15.6 Å². The Morgan fingerprint density at radius 2 is 1.29 bits per heavy atom. The molecule has 0 unspecified atom stereocenters. The van der Waals surface area contributed by atoms with Gasteiger partial charge in [-0.3, -0.25) is 0 Å². The quantitative estimate of drug-likeness (QED) is 0.273. The smallest absolute Gasteiger partial charge is 0.372 e. The summed E-state index contributed by atoms with van der Waals surface area (Å²) < 4.78 is 39.1. The van der Waals surface area contributed by atoms with Crippen molar-refractivity contribution in [1.82, 2.24) is 0 Å². The van der Waals surface area contributed by atoms with Crippen LogP contribution in [-0.4, -0.2) is 51.6 Å². The van der Waals surface area contributed by atoms with E-state index in [0.717, 1.165) is 18.0 Å². The number of halogens is 2. The van der Waals surface area contributed by atoms with Gasteiger partial charge in [0.15, 0.2) is 0 Å². The number of ether oxygens (including phenoxy) is 2. The van der Waals surface area contributed by atoms with Crippen LogP contribution in [0.2, 0.25) is 45.3 Å². The summed E-state index contributed by atoms with van der Waals surface area (Å²) in [5, 5.41) is 4.28. The fourth-order valence-electron chi connectivity index (χ4n) is 4.00. The molecule has 0 aromatic heterocycles. The van der Waals surface area contributed by atoms with Gasteiger partial charge in [0, 0.05) is 12.0 Å². The van der Waals surface area contributed by atoms with Gasteiger partial charge in [0.2, 0.25) is 0 Å². The van der Waals surface area contributed by atoms with Gasteiger partial charge in [-0.25, -0.2) is 0 Å². The number of benzene rings is 2. The van der Waals surface area contributed by atoms with Gasteiger partial charge in [0.1, 0.15) is 6.61 Å². The normalized spacial score (nSPS) is 13.2. The first kappa shape index (κ1) is 29.1. The molecule has 0 amide bonds. The molecule has 7 heteroatoms. The number of alkyl halides is 2. The fourth-order valence-corrected chi connectivity index (χ4v) is 8.31. The molecule has 0 saturated heterocycles. The number of hydrogen-bond donors (Lipinski definition) is 0. The highest BCUT2D eigenvalue weighted by atomic mass is 28.3. The zero-order valence-electron chi connectivity index (χ0n) is 22.4. The minimum atomic E-state index is -3.29. The summed E-state index contributed by atoms with van der Waals surface area (Å²) in [7, 11) is -3.25. The third-order valence-electron chi connectivity index (χ3n) is 6.72. The minimum Gasteiger partial charge on any atom is -0.372 e. The molecule has 0 saturated carbocycles. The molecule has 0 aliphatic rings. The predicted molar refractivity (Wildman–Crippen MR) is 151 cm³/mol. The lowest BCUT2D eigenvalue weighted by Crippen LogP contribution is -2.42. The van der Waals surface area contributed by atoms with Crippen LogP contribution in [0.4, 0.5) is 8.78 Å². The van der Waals surface area contributed by atoms with Crippen molar-refractivity contribution >= 4 is 41.2 Å². The van der Waals surface area contributed by atoms with E-state index in [2.05, 4.69) is 75.7 Å². The second-order valence-electron chi connectivity index (χ2n) is 11.4. The van der Waals surface area contributed by atoms with Crippen molar-refractivity contribution in [1.29, 1.82) is 0 Å². The Kier molecular flexibility index (Phi) is 10.5. The maximum atomic E-state index is 14.3. The third-order valence-corrected chi connectivity index (χ3v) is 13.7. The van der Waals surface area contributed by atoms with Crippen molar-refractivity contribution in [2.45, 2.75) is 77.1 Å². The molecule has 2 aromatic rings. The Balaban J connectivity index is 1.77. The van der Waals surface area contributed by atoms with Crippen molar-refractivity contribution in [3.63, 3.8) is 0 Å². The summed E-state index contributed by atoms with van der Waals surface area (Å²) in [6, 6.07) is 18.5. The van der Waals surface area contributed by atoms with Gasteiger partial charge in [-0.05, 0) is 12.0 Å². The SMILES string of the molecule is C[SiH](C)c1ccc(C(C)(C)COC(F)(F)COCCC[Si](C)(C)c2ccc([SiH](C)C)cc2)cc1. The van der Waals surface area contributed by atoms with Crippen LogP contribution in [0.15, 0.2) is 48.5 Å². The predicted octanol–water partition coefficient (Wildman–Crippen LogP) is 4.98.